The van der Waals surface area contributed by atoms with Crippen LogP contribution in [-0.4, -0.2) is 11.1 Å². The van der Waals surface area contributed by atoms with E-state index in [-0.39, 0.29) is 5.91 Å². The summed E-state index contributed by atoms with van der Waals surface area (Å²) in [5.41, 5.74) is 3.21. The van der Waals surface area contributed by atoms with E-state index in [0.717, 1.165) is 16.8 Å². The van der Waals surface area contributed by atoms with Gasteiger partial charge in [0.25, 0.3) is 5.91 Å². The Hall–Kier alpha value is -2.10. The summed E-state index contributed by atoms with van der Waals surface area (Å²) >= 11 is 0. The van der Waals surface area contributed by atoms with Gasteiger partial charge >= 0.3 is 0 Å². The summed E-state index contributed by atoms with van der Waals surface area (Å²) in [4.78, 5) is 11.9. The second-order valence-corrected chi connectivity index (χ2v) is 4.10. The first-order chi connectivity index (χ1) is 8.06. The lowest BCUT2D eigenvalue weighted by atomic mass is 10.1. The quantitative estimate of drug-likeness (QED) is 0.863. The molecular weight excluding hydrogens is 216 g/mol. The highest BCUT2D eigenvalue weighted by atomic mass is 16.5. The Morgan fingerprint density at radius 3 is 2.65 bits per heavy atom. The van der Waals surface area contributed by atoms with Gasteiger partial charge in [0.2, 0.25) is 0 Å². The highest BCUT2D eigenvalue weighted by molar-refractivity contribution is 6.03. The Kier molecular flexibility index (Phi) is 2.95. The van der Waals surface area contributed by atoms with Crippen molar-refractivity contribution in [1.29, 1.82) is 0 Å². The Morgan fingerprint density at radius 1 is 1.24 bits per heavy atom. The molecule has 0 unspecified atom stereocenters. The van der Waals surface area contributed by atoms with E-state index in [4.69, 9.17) is 4.52 Å². The summed E-state index contributed by atoms with van der Waals surface area (Å²) in [5.74, 6) is 0.367. The first-order valence-corrected chi connectivity index (χ1v) is 5.38. The fourth-order valence-electron chi connectivity index (χ4n) is 1.53. The number of carbonyl (C=O) groups is 1. The Labute approximate surface area is 99.6 Å². The number of hydrogen-bond acceptors (Lipinski definition) is 3. The molecule has 1 aromatic heterocycles. The lowest BCUT2D eigenvalue weighted by molar-refractivity contribution is 0.101. The molecule has 0 aliphatic carbocycles. The molecule has 0 bridgehead atoms. The molecule has 0 fully saturated rings. The molecule has 17 heavy (non-hydrogen) atoms. The molecule has 0 saturated carbocycles. The van der Waals surface area contributed by atoms with Crippen LogP contribution in [0.1, 0.15) is 27.4 Å². The number of hydrogen-bond donors (Lipinski definition) is 1. The summed E-state index contributed by atoms with van der Waals surface area (Å²) in [7, 11) is 0. The number of amides is 1. The van der Waals surface area contributed by atoms with Crippen LogP contribution in [-0.2, 0) is 0 Å². The number of carbonyl (C=O) groups excluding carboxylic acids is 1. The number of nitrogens with zero attached hydrogens (tertiary/aromatic N) is 1. The number of aromatic nitrogens is 1. The molecule has 0 saturated heterocycles. The molecule has 0 aliphatic rings. The van der Waals surface area contributed by atoms with Crippen LogP contribution >= 0.6 is 0 Å². The second kappa shape index (κ2) is 4.41. The van der Waals surface area contributed by atoms with Gasteiger partial charge in [-0.1, -0.05) is 17.3 Å². The van der Waals surface area contributed by atoms with Crippen LogP contribution in [0.25, 0.3) is 0 Å². The van der Waals surface area contributed by atoms with Crippen LogP contribution in [0.4, 0.5) is 5.69 Å². The average Bonchev–Trinajstić information content (AvgIpc) is 2.70. The van der Waals surface area contributed by atoms with E-state index in [1.165, 1.54) is 0 Å². The SMILES string of the molecule is Cc1ccc(C)c(NC(=O)c2cc(C)on2)c1. The molecular formula is C13H14N2O2. The Balaban J connectivity index is 2.21. The van der Waals surface area contributed by atoms with Crippen molar-refractivity contribution in [3.63, 3.8) is 0 Å². The normalized spacial score (nSPS) is 10.3. The van der Waals surface area contributed by atoms with Crippen LogP contribution < -0.4 is 5.32 Å². The standard InChI is InChI=1S/C13H14N2O2/c1-8-4-5-9(2)11(6-8)14-13(16)12-7-10(3)17-15-12/h4-7H,1-3H3,(H,14,16). The van der Waals surface area contributed by atoms with Crippen LogP contribution in [0.5, 0.6) is 0 Å². The molecule has 4 nitrogen and oxygen atoms in total. The predicted octanol–water partition coefficient (Wildman–Crippen LogP) is 2.85. The molecule has 0 aliphatic heterocycles. The summed E-state index contributed by atoms with van der Waals surface area (Å²) in [6.07, 6.45) is 0. The largest absolute Gasteiger partial charge is 0.361 e. The molecule has 1 heterocycles. The third-order valence-corrected chi connectivity index (χ3v) is 2.50. The van der Waals surface area contributed by atoms with Crippen LogP contribution in [0.15, 0.2) is 28.8 Å². The Bertz CT molecular complexity index is 558. The van der Waals surface area contributed by atoms with Gasteiger partial charge in [0.15, 0.2) is 5.69 Å². The van der Waals surface area contributed by atoms with E-state index in [0.29, 0.717) is 11.5 Å². The first-order valence-electron chi connectivity index (χ1n) is 5.38. The Morgan fingerprint density at radius 2 is 2.00 bits per heavy atom. The fraction of sp³-hybridized carbons (Fsp3) is 0.231. The molecule has 1 aromatic carbocycles. The summed E-state index contributed by atoms with van der Waals surface area (Å²) in [6.45, 7) is 5.68. The van der Waals surface area contributed by atoms with Crippen LogP contribution in [0, 0.1) is 20.8 Å². The molecule has 2 aromatic rings. The second-order valence-electron chi connectivity index (χ2n) is 4.10. The minimum Gasteiger partial charge on any atom is -0.361 e. The van der Waals surface area contributed by atoms with Crippen molar-refractivity contribution in [2.24, 2.45) is 0 Å². The van der Waals surface area contributed by atoms with Crippen molar-refractivity contribution < 1.29 is 9.32 Å². The number of nitrogens with one attached hydrogen (secondary N) is 1. The smallest absolute Gasteiger partial charge is 0.277 e. The van der Waals surface area contributed by atoms with Crippen molar-refractivity contribution in [2.75, 3.05) is 5.32 Å². The molecule has 1 N–H and O–H groups in total. The summed E-state index contributed by atoms with van der Waals surface area (Å²) in [5, 5.41) is 6.50. The summed E-state index contributed by atoms with van der Waals surface area (Å²) in [6, 6.07) is 7.52. The van der Waals surface area contributed by atoms with Gasteiger partial charge in [0, 0.05) is 11.8 Å². The zero-order chi connectivity index (χ0) is 12.4. The van der Waals surface area contributed by atoms with Crippen molar-refractivity contribution in [2.45, 2.75) is 20.8 Å². The van der Waals surface area contributed by atoms with Gasteiger partial charge in [-0.15, -0.1) is 0 Å². The van der Waals surface area contributed by atoms with E-state index >= 15 is 0 Å². The molecule has 0 atom stereocenters. The minimum atomic E-state index is -0.254. The van der Waals surface area contributed by atoms with E-state index in [9.17, 15) is 4.79 Å². The maximum Gasteiger partial charge on any atom is 0.277 e. The van der Waals surface area contributed by atoms with Crippen molar-refractivity contribution in [3.8, 4) is 0 Å². The van der Waals surface area contributed by atoms with E-state index in [1.54, 1.807) is 13.0 Å². The van der Waals surface area contributed by atoms with Gasteiger partial charge in [-0.25, -0.2) is 0 Å². The number of rotatable bonds is 2. The number of anilines is 1. The average molecular weight is 230 g/mol. The van der Waals surface area contributed by atoms with Gasteiger partial charge < -0.3 is 9.84 Å². The summed E-state index contributed by atoms with van der Waals surface area (Å²) < 4.78 is 4.87. The molecule has 0 spiro atoms. The minimum absolute atomic E-state index is 0.254. The molecule has 1 amide bonds. The highest BCUT2D eigenvalue weighted by Gasteiger charge is 2.12. The predicted molar refractivity (Wildman–Crippen MR) is 65.1 cm³/mol. The van der Waals surface area contributed by atoms with Gasteiger partial charge in [-0.05, 0) is 38.0 Å². The van der Waals surface area contributed by atoms with Gasteiger partial charge in [0.05, 0.1) is 0 Å². The lowest BCUT2D eigenvalue weighted by Gasteiger charge is -2.07. The number of aryl methyl sites for hydroxylation is 3. The third kappa shape index (κ3) is 2.53. The number of benzene rings is 1. The zero-order valence-electron chi connectivity index (χ0n) is 10.1. The van der Waals surface area contributed by atoms with Crippen molar-refractivity contribution in [1.82, 2.24) is 5.16 Å². The molecule has 88 valence electrons. The fourth-order valence-corrected chi connectivity index (χ4v) is 1.53. The van der Waals surface area contributed by atoms with Crippen LogP contribution in [0.3, 0.4) is 0 Å². The van der Waals surface area contributed by atoms with Gasteiger partial charge in [0.1, 0.15) is 5.76 Å². The van der Waals surface area contributed by atoms with Gasteiger partial charge in [-0.3, -0.25) is 4.79 Å². The van der Waals surface area contributed by atoms with Crippen molar-refractivity contribution >= 4 is 11.6 Å². The van der Waals surface area contributed by atoms with Crippen molar-refractivity contribution in [3.05, 3.63) is 46.8 Å². The van der Waals surface area contributed by atoms with E-state index in [2.05, 4.69) is 10.5 Å². The topological polar surface area (TPSA) is 55.1 Å². The first kappa shape index (κ1) is 11.4. The van der Waals surface area contributed by atoms with E-state index < -0.39 is 0 Å². The molecule has 4 heteroatoms. The van der Waals surface area contributed by atoms with Gasteiger partial charge in [-0.2, -0.15) is 0 Å². The maximum atomic E-state index is 11.9. The van der Waals surface area contributed by atoms with E-state index in [1.807, 2.05) is 32.0 Å². The zero-order valence-corrected chi connectivity index (χ0v) is 10.1. The molecule has 0 radical (unpaired) electrons. The lowest BCUT2D eigenvalue weighted by Crippen LogP contribution is -2.13. The monoisotopic (exact) mass is 230 g/mol. The molecule has 2 rings (SSSR count). The third-order valence-electron chi connectivity index (χ3n) is 2.50. The highest BCUT2D eigenvalue weighted by Crippen LogP contribution is 2.17. The maximum absolute atomic E-state index is 11.9. The van der Waals surface area contributed by atoms with Crippen LogP contribution in [0.2, 0.25) is 0 Å².